The van der Waals surface area contributed by atoms with Crippen LogP contribution in [0, 0.1) is 6.92 Å². The highest BCUT2D eigenvalue weighted by molar-refractivity contribution is 6.30. The lowest BCUT2D eigenvalue weighted by Gasteiger charge is -2.10. The number of halogens is 4. The number of hydrogen-bond donors (Lipinski definition) is 0. The Balaban J connectivity index is 1.95. The molecule has 0 saturated carbocycles. The lowest BCUT2D eigenvalue weighted by Crippen LogP contribution is -2.17. The molecular formula is C17H13ClF3NO. The molecule has 0 spiro atoms. The maximum absolute atomic E-state index is 12.3. The van der Waals surface area contributed by atoms with Crippen molar-refractivity contribution in [1.29, 1.82) is 0 Å². The summed E-state index contributed by atoms with van der Waals surface area (Å²) in [6.07, 6.45) is -4.69. The normalized spacial score (nSPS) is 11.9. The quantitative estimate of drug-likeness (QED) is 0.610. The number of alkyl halides is 3. The smallest absolute Gasteiger partial charge is 0.406 e. The highest BCUT2D eigenvalue weighted by Gasteiger charge is 2.31. The maximum atomic E-state index is 12.3. The van der Waals surface area contributed by atoms with Crippen LogP contribution in [0.5, 0.6) is 5.75 Å². The third-order valence-electron chi connectivity index (χ3n) is 3.57. The van der Waals surface area contributed by atoms with E-state index in [2.05, 4.69) is 4.74 Å². The average molecular weight is 340 g/mol. The fourth-order valence-electron chi connectivity index (χ4n) is 2.57. The zero-order valence-corrected chi connectivity index (χ0v) is 12.9. The third-order valence-corrected chi connectivity index (χ3v) is 3.82. The van der Waals surface area contributed by atoms with Crippen LogP contribution in [0.15, 0.2) is 48.5 Å². The van der Waals surface area contributed by atoms with E-state index in [1.807, 2.05) is 41.8 Å². The zero-order valence-electron chi connectivity index (χ0n) is 12.2. The monoisotopic (exact) mass is 339 g/mol. The Morgan fingerprint density at radius 2 is 1.74 bits per heavy atom. The topological polar surface area (TPSA) is 14.2 Å². The Kier molecular flexibility index (Phi) is 3.98. The van der Waals surface area contributed by atoms with E-state index in [0.717, 1.165) is 16.8 Å². The van der Waals surface area contributed by atoms with Gasteiger partial charge in [0, 0.05) is 28.2 Å². The van der Waals surface area contributed by atoms with E-state index in [0.29, 0.717) is 17.0 Å². The van der Waals surface area contributed by atoms with Crippen LogP contribution in [0.1, 0.15) is 11.3 Å². The van der Waals surface area contributed by atoms with Crippen molar-refractivity contribution in [2.75, 3.05) is 0 Å². The van der Waals surface area contributed by atoms with Gasteiger partial charge in [0.25, 0.3) is 0 Å². The molecule has 2 nitrogen and oxygen atoms in total. The van der Waals surface area contributed by atoms with Gasteiger partial charge in [-0.3, -0.25) is 0 Å². The van der Waals surface area contributed by atoms with Crippen LogP contribution in [0.4, 0.5) is 13.2 Å². The number of nitrogens with zero attached hydrogens (tertiary/aromatic N) is 1. The van der Waals surface area contributed by atoms with Crippen molar-refractivity contribution < 1.29 is 17.9 Å². The molecule has 3 rings (SSSR count). The van der Waals surface area contributed by atoms with Crippen LogP contribution in [0.25, 0.3) is 10.9 Å². The van der Waals surface area contributed by atoms with E-state index in [1.54, 1.807) is 6.07 Å². The Bertz CT molecular complexity index is 837. The highest BCUT2D eigenvalue weighted by Crippen LogP contribution is 2.29. The van der Waals surface area contributed by atoms with Crippen molar-refractivity contribution in [3.8, 4) is 5.75 Å². The first kappa shape index (κ1) is 15.7. The van der Waals surface area contributed by atoms with Crippen molar-refractivity contribution in [1.82, 2.24) is 4.57 Å². The van der Waals surface area contributed by atoms with Gasteiger partial charge in [-0.05, 0) is 48.9 Å². The Labute approximate surface area is 136 Å². The van der Waals surface area contributed by atoms with Gasteiger partial charge in [0.1, 0.15) is 5.75 Å². The first-order valence-corrected chi connectivity index (χ1v) is 7.30. The van der Waals surface area contributed by atoms with Gasteiger partial charge in [-0.1, -0.05) is 23.7 Å². The summed E-state index contributed by atoms with van der Waals surface area (Å²) in [4.78, 5) is 0. The molecule has 0 radical (unpaired) electrons. The average Bonchev–Trinajstić information content (AvgIpc) is 2.75. The minimum Gasteiger partial charge on any atom is -0.406 e. The Morgan fingerprint density at radius 3 is 2.39 bits per heavy atom. The first-order valence-electron chi connectivity index (χ1n) is 6.92. The fourth-order valence-corrected chi connectivity index (χ4v) is 2.69. The summed E-state index contributed by atoms with van der Waals surface area (Å²) in [6, 6.07) is 13.7. The molecule has 1 aromatic heterocycles. The number of aryl methyl sites for hydroxylation is 1. The molecule has 0 N–H and O–H groups in total. The second-order valence-corrected chi connectivity index (χ2v) is 5.70. The largest absolute Gasteiger partial charge is 0.573 e. The van der Waals surface area contributed by atoms with E-state index in [4.69, 9.17) is 11.6 Å². The maximum Gasteiger partial charge on any atom is 0.573 e. The molecule has 0 atom stereocenters. The van der Waals surface area contributed by atoms with Crippen molar-refractivity contribution in [2.45, 2.75) is 19.8 Å². The predicted octanol–water partition coefficient (Wildman–Crippen LogP) is 5.55. The fraction of sp³-hybridized carbons (Fsp3) is 0.176. The van der Waals surface area contributed by atoms with E-state index >= 15 is 0 Å². The van der Waals surface area contributed by atoms with Gasteiger partial charge in [-0.2, -0.15) is 0 Å². The summed E-state index contributed by atoms with van der Waals surface area (Å²) in [7, 11) is 0. The van der Waals surface area contributed by atoms with Crippen LogP contribution in [0.2, 0.25) is 5.02 Å². The zero-order chi connectivity index (χ0) is 16.6. The summed E-state index contributed by atoms with van der Waals surface area (Å²) >= 11 is 5.88. The molecule has 23 heavy (non-hydrogen) atoms. The second kappa shape index (κ2) is 5.81. The third kappa shape index (κ3) is 3.62. The van der Waals surface area contributed by atoms with Gasteiger partial charge in [-0.15, -0.1) is 13.2 Å². The first-order chi connectivity index (χ1) is 10.8. The minimum absolute atomic E-state index is 0.214. The number of hydrogen-bond acceptors (Lipinski definition) is 1. The van der Waals surface area contributed by atoms with Gasteiger partial charge in [0.2, 0.25) is 0 Å². The van der Waals surface area contributed by atoms with E-state index < -0.39 is 6.36 Å². The number of rotatable bonds is 3. The van der Waals surface area contributed by atoms with Crippen molar-refractivity contribution in [3.05, 3.63) is 64.8 Å². The van der Waals surface area contributed by atoms with E-state index in [9.17, 15) is 13.2 Å². The molecule has 0 bridgehead atoms. The van der Waals surface area contributed by atoms with Gasteiger partial charge in [0.05, 0.1) is 0 Å². The van der Waals surface area contributed by atoms with Gasteiger partial charge in [0.15, 0.2) is 0 Å². The standard InChI is InChI=1S/C17H13ClF3NO/c1-11-8-13-9-15(23-17(19,20)21)6-7-16(13)22(11)10-12-2-4-14(18)5-3-12/h2-9H,10H2,1H3. The molecule has 3 aromatic rings. The Morgan fingerprint density at radius 1 is 1.04 bits per heavy atom. The number of fused-ring (bicyclic) bond motifs is 1. The molecule has 0 saturated heterocycles. The molecule has 120 valence electrons. The molecule has 0 aliphatic rings. The van der Waals surface area contributed by atoms with Crippen LogP contribution >= 0.6 is 11.6 Å². The number of benzene rings is 2. The lowest BCUT2D eigenvalue weighted by molar-refractivity contribution is -0.274. The van der Waals surface area contributed by atoms with E-state index in [1.165, 1.54) is 12.1 Å². The van der Waals surface area contributed by atoms with Crippen molar-refractivity contribution >= 4 is 22.5 Å². The summed E-state index contributed by atoms with van der Waals surface area (Å²) in [5.41, 5.74) is 2.87. The van der Waals surface area contributed by atoms with E-state index in [-0.39, 0.29) is 5.75 Å². The summed E-state index contributed by atoms with van der Waals surface area (Å²) in [5.74, 6) is -0.214. The van der Waals surface area contributed by atoms with Gasteiger partial charge >= 0.3 is 6.36 Å². The number of ether oxygens (including phenoxy) is 1. The van der Waals surface area contributed by atoms with Crippen LogP contribution in [-0.2, 0) is 6.54 Å². The molecule has 6 heteroatoms. The van der Waals surface area contributed by atoms with Crippen molar-refractivity contribution in [3.63, 3.8) is 0 Å². The lowest BCUT2D eigenvalue weighted by atomic mass is 10.2. The SMILES string of the molecule is Cc1cc2cc(OC(F)(F)F)ccc2n1Cc1ccc(Cl)cc1. The molecule has 0 fully saturated rings. The summed E-state index contributed by atoms with van der Waals surface area (Å²) < 4.78 is 42.9. The molecular weight excluding hydrogens is 327 g/mol. The van der Waals surface area contributed by atoms with Crippen LogP contribution in [0.3, 0.4) is 0 Å². The van der Waals surface area contributed by atoms with Crippen LogP contribution in [-0.4, -0.2) is 10.9 Å². The molecule has 2 aromatic carbocycles. The van der Waals surface area contributed by atoms with Gasteiger partial charge in [-0.25, -0.2) is 0 Å². The van der Waals surface area contributed by atoms with Crippen LogP contribution < -0.4 is 4.74 Å². The Hall–Kier alpha value is -2.14. The van der Waals surface area contributed by atoms with Crippen molar-refractivity contribution in [2.24, 2.45) is 0 Å². The number of aromatic nitrogens is 1. The molecule has 1 heterocycles. The summed E-state index contributed by atoms with van der Waals surface area (Å²) in [6.45, 7) is 2.53. The highest BCUT2D eigenvalue weighted by atomic mass is 35.5. The minimum atomic E-state index is -4.69. The molecule has 0 amide bonds. The molecule has 0 aliphatic heterocycles. The van der Waals surface area contributed by atoms with Gasteiger partial charge < -0.3 is 9.30 Å². The predicted molar refractivity (Wildman–Crippen MR) is 83.9 cm³/mol. The second-order valence-electron chi connectivity index (χ2n) is 5.27. The summed E-state index contributed by atoms with van der Waals surface area (Å²) in [5, 5.41) is 1.37. The molecule has 0 aliphatic carbocycles. The molecule has 0 unspecified atom stereocenters.